The van der Waals surface area contributed by atoms with Crippen molar-refractivity contribution in [3.05, 3.63) is 58.7 Å². The van der Waals surface area contributed by atoms with Crippen LogP contribution in [0.4, 0.5) is 0 Å². The second-order valence-corrected chi connectivity index (χ2v) is 5.72. The number of carbonyl (C=O) groups excluding carboxylic acids is 1. The van der Waals surface area contributed by atoms with Crippen molar-refractivity contribution >= 4 is 5.91 Å². The third-order valence-corrected chi connectivity index (χ3v) is 4.74. The number of amides is 1. The highest BCUT2D eigenvalue weighted by atomic mass is 16.2. The minimum absolute atomic E-state index is 0.0888. The molecule has 0 saturated carbocycles. The van der Waals surface area contributed by atoms with Crippen LogP contribution in [-0.2, 0) is 16.8 Å². The molecule has 1 fully saturated rings. The maximum Gasteiger partial charge on any atom is 0.250 e. The molecule has 1 aliphatic heterocycles. The molecule has 1 unspecified atom stereocenters. The second-order valence-electron chi connectivity index (χ2n) is 5.72. The van der Waals surface area contributed by atoms with E-state index in [0.717, 1.165) is 31.2 Å². The number of carbonyl (C=O) groups is 1. The lowest BCUT2D eigenvalue weighted by molar-refractivity contribution is -0.123. The summed E-state index contributed by atoms with van der Waals surface area (Å²) in [6, 6.07) is 8.36. The summed E-state index contributed by atoms with van der Waals surface area (Å²) in [4.78, 5) is 12.7. The average molecular weight is 266 g/mol. The van der Waals surface area contributed by atoms with Gasteiger partial charge in [0.05, 0.1) is 6.67 Å². The zero-order valence-electron chi connectivity index (χ0n) is 11.4. The Morgan fingerprint density at radius 3 is 2.85 bits per heavy atom. The first-order chi connectivity index (χ1) is 9.82. The van der Waals surface area contributed by atoms with Crippen LogP contribution in [0.3, 0.4) is 0 Å². The van der Waals surface area contributed by atoms with E-state index in [1.807, 2.05) is 6.07 Å². The molecule has 1 amide bonds. The number of hydrogen-bond acceptors (Lipinski definition) is 2. The molecule has 1 aromatic carbocycles. The number of rotatable bonds is 0. The summed E-state index contributed by atoms with van der Waals surface area (Å²) < 4.78 is 0. The van der Waals surface area contributed by atoms with E-state index in [9.17, 15) is 4.79 Å². The molecule has 1 heterocycles. The Bertz CT molecular complexity index is 644. The van der Waals surface area contributed by atoms with Crippen molar-refractivity contribution in [3.63, 3.8) is 0 Å². The lowest BCUT2D eigenvalue weighted by Crippen LogP contribution is -2.45. The van der Waals surface area contributed by atoms with Crippen molar-refractivity contribution in [1.82, 2.24) is 10.6 Å². The lowest BCUT2D eigenvalue weighted by atomic mass is 9.77. The summed E-state index contributed by atoms with van der Waals surface area (Å²) in [5.41, 5.74) is 4.38. The van der Waals surface area contributed by atoms with Gasteiger partial charge in [-0.05, 0) is 42.4 Å². The number of benzene rings is 1. The zero-order valence-corrected chi connectivity index (χ0v) is 11.4. The van der Waals surface area contributed by atoms with Gasteiger partial charge in [-0.15, -0.1) is 0 Å². The van der Waals surface area contributed by atoms with Crippen LogP contribution < -0.4 is 10.6 Å². The van der Waals surface area contributed by atoms with Gasteiger partial charge in [0.2, 0.25) is 0 Å². The standard InChI is InChI=1S/C17H18N2O/c20-16-17(19-11-18-16)14-7-3-1-5-12(14)9-10-13-6-2-4-8-15(13)17/h1,3-5,7-8,19H,2,6,9-11H2,(H,18,20). The van der Waals surface area contributed by atoms with E-state index in [4.69, 9.17) is 0 Å². The lowest BCUT2D eigenvalue weighted by Gasteiger charge is -2.31. The largest absolute Gasteiger partial charge is 0.341 e. The summed E-state index contributed by atoms with van der Waals surface area (Å²) in [6.45, 7) is 0.539. The van der Waals surface area contributed by atoms with Gasteiger partial charge in [0.25, 0.3) is 5.91 Å². The third kappa shape index (κ3) is 1.47. The van der Waals surface area contributed by atoms with Crippen LogP contribution in [-0.4, -0.2) is 12.6 Å². The molecule has 102 valence electrons. The third-order valence-electron chi connectivity index (χ3n) is 4.74. The van der Waals surface area contributed by atoms with Crippen LogP contribution in [0, 0.1) is 0 Å². The minimum atomic E-state index is -0.667. The SMILES string of the molecule is O=C1NCNC12C1=C(CCC=C1)CCc1ccccc12. The summed E-state index contributed by atoms with van der Waals surface area (Å²) in [5, 5.41) is 6.41. The molecular weight excluding hydrogens is 248 g/mol. The average Bonchev–Trinajstić information content (AvgIpc) is 2.81. The molecule has 2 aliphatic carbocycles. The van der Waals surface area contributed by atoms with Gasteiger partial charge >= 0.3 is 0 Å². The fourth-order valence-corrected chi connectivity index (χ4v) is 3.80. The number of allylic oxidation sites excluding steroid dienone is 2. The molecule has 1 aromatic rings. The second kappa shape index (κ2) is 4.32. The molecule has 3 heteroatoms. The molecule has 3 aliphatic rings. The van der Waals surface area contributed by atoms with Crippen LogP contribution >= 0.6 is 0 Å². The van der Waals surface area contributed by atoms with E-state index in [1.165, 1.54) is 16.7 Å². The van der Waals surface area contributed by atoms with Crippen LogP contribution in [0.25, 0.3) is 0 Å². The van der Waals surface area contributed by atoms with Gasteiger partial charge in [-0.3, -0.25) is 10.1 Å². The molecule has 1 saturated heterocycles. The molecule has 20 heavy (non-hydrogen) atoms. The van der Waals surface area contributed by atoms with Crippen molar-refractivity contribution in [1.29, 1.82) is 0 Å². The quantitative estimate of drug-likeness (QED) is 0.755. The van der Waals surface area contributed by atoms with Gasteiger partial charge in [-0.1, -0.05) is 42.0 Å². The fraction of sp³-hybridized carbons (Fsp3) is 0.353. The van der Waals surface area contributed by atoms with E-state index in [0.29, 0.717) is 6.67 Å². The molecular formula is C17H18N2O. The van der Waals surface area contributed by atoms with Crippen molar-refractivity contribution in [2.45, 2.75) is 31.2 Å². The van der Waals surface area contributed by atoms with E-state index < -0.39 is 5.54 Å². The predicted octanol–water partition coefficient (Wildman–Crippen LogP) is 2.15. The maximum atomic E-state index is 12.7. The predicted molar refractivity (Wildman–Crippen MR) is 78.0 cm³/mol. The van der Waals surface area contributed by atoms with Crippen molar-refractivity contribution in [2.24, 2.45) is 0 Å². The van der Waals surface area contributed by atoms with E-state index in [2.05, 4.69) is 41.0 Å². The van der Waals surface area contributed by atoms with Gasteiger partial charge in [-0.25, -0.2) is 0 Å². The number of hydrogen-bond donors (Lipinski definition) is 2. The van der Waals surface area contributed by atoms with Gasteiger partial charge in [0, 0.05) is 0 Å². The van der Waals surface area contributed by atoms with E-state index in [1.54, 1.807) is 0 Å². The first-order valence-corrected chi connectivity index (χ1v) is 7.33. The van der Waals surface area contributed by atoms with Gasteiger partial charge < -0.3 is 5.32 Å². The Balaban J connectivity index is 2.01. The highest BCUT2D eigenvalue weighted by molar-refractivity contribution is 5.94. The highest BCUT2D eigenvalue weighted by Gasteiger charge is 2.49. The maximum absolute atomic E-state index is 12.7. The van der Waals surface area contributed by atoms with E-state index >= 15 is 0 Å². The smallest absolute Gasteiger partial charge is 0.250 e. The number of nitrogens with one attached hydrogen (secondary N) is 2. The summed E-state index contributed by atoms with van der Waals surface area (Å²) in [6.07, 6.45) is 8.62. The Morgan fingerprint density at radius 2 is 2.00 bits per heavy atom. The van der Waals surface area contributed by atoms with Crippen LogP contribution in [0.1, 0.15) is 30.4 Å². The highest BCUT2D eigenvalue weighted by Crippen LogP contribution is 2.43. The Labute approximate surface area is 118 Å². The number of fused-ring (bicyclic) bond motifs is 3. The van der Waals surface area contributed by atoms with Crippen LogP contribution in [0.5, 0.6) is 0 Å². The molecule has 1 spiro atoms. The first-order valence-electron chi connectivity index (χ1n) is 7.33. The number of aryl methyl sites for hydroxylation is 1. The van der Waals surface area contributed by atoms with Crippen LogP contribution in [0.2, 0.25) is 0 Å². The Kier molecular flexibility index (Phi) is 2.57. The topological polar surface area (TPSA) is 41.1 Å². The van der Waals surface area contributed by atoms with E-state index in [-0.39, 0.29) is 5.91 Å². The van der Waals surface area contributed by atoms with Gasteiger partial charge in [-0.2, -0.15) is 0 Å². The first kappa shape index (κ1) is 11.9. The molecule has 1 atom stereocenters. The zero-order chi connectivity index (χ0) is 13.6. The Hall–Kier alpha value is -1.87. The molecule has 4 rings (SSSR count). The van der Waals surface area contributed by atoms with Gasteiger partial charge in [0.15, 0.2) is 5.54 Å². The molecule has 0 bridgehead atoms. The minimum Gasteiger partial charge on any atom is -0.341 e. The van der Waals surface area contributed by atoms with Crippen molar-refractivity contribution in [2.75, 3.05) is 6.67 Å². The molecule has 0 radical (unpaired) electrons. The molecule has 3 nitrogen and oxygen atoms in total. The summed E-state index contributed by atoms with van der Waals surface area (Å²) >= 11 is 0. The summed E-state index contributed by atoms with van der Waals surface area (Å²) in [7, 11) is 0. The normalized spacial score (nSPS) is 28.1. The van der Waals surface area contributed by atoms with Gasteiger partial charge in [0.1, 0.15) is 0 Å². The fourth-order valence-electron chi connectivity index (χ4n) is 3.80. The Morgan fingerprint density at radius 1 is 1.10 bits per heavy atom. The monoisotopic (exact) mass is 266 g/mol. The molecule has 2 N–H and O–H groups in total. The van der Waals surface area contributed by atoms with Crippen molar-refractivity contribution in [3.8, 4) is 0 Å². The summed E-state index contributed by atoms with van der Waals surface area (Å²) in [5.74, 6) is 0.0888. The van der Waals surface area contributed by atoms with Crippen LogP contribution in [0.15, 0.2) is 47.6 Å². The van der Waals surface area contributed by atoms with Crippen molar-refractivity contribution < 1.29 is 4.79 Å². The molecule has 0 aromatic heterocycles.